The predicted octanol–water partition coefficient (Wildman–Crippen LogP) is 2.30. The third kappa shape index (κ3) is 2.25. The molecule has 0 spiro atoms. The number of benzene rings is 2. The van der Waals surface area contributed by atoms with E-state index in [0.717, 1.165) is 0 Å². The van der Waals surface area contributed by atoms with E-state index in [1.54, 1.807) is 18.2 Å². The van der Waals surface area contributed by atoms with Crippen molar-refractivity contribution in [3.63, 3.8) is 0 Å². The summed E-state index contributed by atoms with van der Waals surface area (Å²) in [5, 5.41) is 9.43. The van der Waals surface area contributed by atoms with Crippen LogP contribution in [0.1, 0.15) is 10.4 Å². The number of phenols is 1. The van der Waals surface area contributed by atoms with Gasteiger partial charge in [0, 0.05) is 0 Å². The Kier molecular flexibility index (Phi) is 2.78. The van der Waals surface area contributed by atoms with Crippen molar-refractivity contribution in [1.29, 1.82) is 0 Å². The zero-order chi connectivity index (χ0) is 12.4. The molecule has 0 aliphatic heterocycles. The van der Waals surface area contributed by atoms with Crippen LogP contribution in [0.3, 0.4) is 0 Å². The molecule has 3 N–H and O–H groups in total. The quantitative estimate of drug-likeness (QED) is 0.832. The lowest BCUT2D eigenvalue weighted by molar-refractivity contribution is 0.0998. The van der Waals surface area contributed by atoms with E-state index in [2.05, 4.69) is 0 Å². The molecule has 0 aromatic heterocycles. The molecule has 86 valence electrons. The second-order valence-electron chi connectivity index (χ2n) is 3.61. The Balaban J connectivity index is 2.54. The van der Waals surface area contributed by atoms with Crippen LogP contribution in [0.15, 0.2) is 42.5 Å². The predicted molar refractivity (Wildman–Crippen MR) is 62.0 cm³/mol. The first-order valence-corrected chi connectivity index (χ1v) is 4.96. The van der Waals surface area contributed by atoms with Gasteiger partial charge in [-0.05, 0) is 35.4 Å². The van der Waals surface area contributed by atoms with Crippen molar-refractivity contribution in [2.24, 2.45) is 5.73 Å². The second kappa shape index (κ2) is 4.25. The molecule has 0 atom stereocenters. The highest BCUT2D eigenvalue weighted by Gasteiger charge is 2.09. The Morgan fingerprint density at radius 3 is 2.47 bits per heavy atom. The van der Waals surface area contributed by atoms with Gasteiger partial charge >= 0.3 is 0 Å². The topological polar surface area (TPSA) is 63.3 Å². The Morgan fingerprint density at radius 1 is 1.12 bits per heavy atom. The van der Waals surface area contributed by atoms with Crippen LogP contribution in [0.5, 0.6) is 5.75 Å². The van der Waals surface area contributed by atoms with Crippen molar-refractivity contribution in [3.8, 4) is 16.9 Å². The van der Waals surface area contributed by atoms with E-state index in [-0.39, 0.29) is 17.1 Å². The Morgan fingerprint density at radius 2 is 1.82 bits per heavy atom. The summed E-state index contributed by atoms with van der Waals surface area (Å²) in [7, 11) is 0. The molecule has 2 aromatic rings. The highest BCUT2D eigenvalue weighted by Crippen LogP contribution is 2.26. The van der Waals surface area contributed by atoms with E-state index in [9.17, 15) is 14.3 Å². The smallest absolute Gasteiger partial charge is 0.252 e. The lowest BCUT2D eigenvalue weighted by Gasteiger charge is -2.05. The SMILES string of the molecule is NC(=O)c1cc(-c2cccc(F)c2)ccc1O. The molecule has 0 radical (unpaired) electrons. The number of rotatable bonds is 2. The Labute approximate surface area is 97.3 Å². The number of hydrogen-bond donors (Lipinski definition) is 2. The average molecular weight is 231 g/mol. The number of carbonyl (C=O) groups is 1. The van der Waals surface area contributed by atoms with Crippen LogP contribution in [-0.4, -0.2) is 11.0 Å². The second-order valence-corrected chi connectivity index (χ2v) is 3.61. The van der Waals surface area contributed by atoms with E-state index in [0.29, 0.717) is 11.1 Å². The van der Waals surface area contributed by atoms with Crippen molar-refractivity contribution in [3.05, 3.63) is 53.8 Å². The minimum atomic E-state index is -0.722. The summed E-state index contributed by atoms with van der Waals surface area (Å²) in [6.45, 7) is 0. The third-order valence-electron chi connectivity index (χ3n) is 2.42. The van der Waals surface area contributed by atoms with E-state index < -0.39 is 5.91 Å². The molecule has 0 aliphatic carbocycles. The molecule has 0 bridgehead atoms. The first kappa shape index (κ1) is 11.1. The lowest BCUT2D eigenvalue weighted by Crippen LogP contribution is -2.11. The van der Waals surface area contributed by atoms with Gasteiger partial charge in [-0.1, -0.05) is 18.2 Å². The van der Waals surface area contributed by atoms with Crippen molar-refractivity contribution < 1.29 is 14.3 Å². The van der Waals surface area contributed by atoms with Gasteiger partial charge in [0.25, 0.3) is 5.91 Å². The molecular formula is C13H10FNO2. The number of amides is 1. The number of carbonyl (C=O) groups excluding carboxylic acids is 1. The molecule has 2 rings (SSSR count). The van der Waals surface area contributed by atoms with Gasteiger partial charge in [-0.2, -0.15) is 0 Å². The van der Waals surface area contributed by atoms with Crippen LogP contribution in [0.4, 0.5) is 4.39 Å². The number of aromatic hydroxyl groups is 1. The average Bonchev–Trinajstić information content (AvgIpc) is 2.29. The summed E-state index contributed by atoms with van der Waals surface area (Å²) < 4.78 is 13.1. The van der Waals surface area contributed by atoms with E-state index in [4.69, 9.17) is 5.73 Å². The summed E-state index contributed by atoms with van der Waals surface area (Å²) in [4.78, 5) is 11.1. The number of primary amides is 1. The summed E-state index contributed by atoms with van der Waals surface area (Å²) >= 11 is 0. The summed E-state index contributed by atoms with van der Waals surface area (Å²) in [6.07, 6.45) is 0. The fourth-order valence-corrected chi connectivity index (χ4v) is 1.58. The minimum absolute atomic E-state index is 0.0201. The maximum absolute atomic E-state index is 13.1. The first-order chi connectivity index (χ1) is 8.08. The molecule has 0 fully saturated rings. The monoisotopic (exact) mass is 231 g/mol. The maximum atomic E-state index is 13.1. The first-order valence-electron chi connectivity index (χ1n) is 4.96. The largest absolute Gasteiger partial charge is 0.507 e. The van der Waals surface area contributed by atoms with Gasteiger partial charge < -0.3 is 10.8 Å². The van der Waals surface area contributed by atoms with E-state index >= 15 is 0 Å². The van der Waals surface area contributed by atoms with Gasteiger partial charge in [-0.25, -0.2) is 4.39 Å². The van der Waals surface area contributed by atoms with Crippen LogP contribution >= 0.6 is 0 Å². The van der Waals surface area contributed by atoms with Crippen molar-refractivity contribution in [1.82, 2.24) is 0 Å². The van der Waals surface area contributed by atoms with Gasteiger partial charge in [0.15, 0.2) is 0 Å². The zero-order valence-corrected chi connectivity index (χ0v) is 8.85. The number of halogens is 1. The normalized spacial score (nSPS) is 10.2. The van der Waals surface area contributed by atoms with Crippen molar-refractivity contribution >= 4 is 5.91 Å². The Bertz CT molecular complexity index is 581. The fourth-order valence-electron chi connectivity index (χ4n) is 1.58. The van der Waals surface area contributed by atoms with Crippen molar-refractivity contribution in [2.45, 2.75) is 0 Å². The highest BCUT2D eigenvalue weighted by molar-refractivity contribution is 5.96. The van der Waals surface area contributed by atoms with Gasteiger partial charge in [0.1, 0.15) is 11.6 Å². The molecule has 4 heteroatoms. The molecule has 17 heavy (non-hydrogen) atoms. The molecule has 0 saturated carbocycles. The summed E-state index contributed by atoms with van der Waals surface area (Å²) in [6, 6.07) is 10.3. The fraction of sp³-hybridized carbons (Fsp3) is 0. The number of nitrogens with two attached hydrogens (primary N) is 1. The lowest BCUT2D eigenvalue weighted by atomic mass is 10.0. The van der Waals surface area contributed by atoms with Crippen LogP contribution in [0, 0.1) is 5.82 Å². The van der Waals surface area contributed by atoms with Gasteiger partial charge in [-0.3, -0.25) is 4.79 Å². The number of hydrogen-bond acceptors (Lipinski definition) is 2. The minimum Gasteiger partial charge on any atom is -0.507 e. The Hall–Kier alpha value is -2.36. The molecule has 0 unspecified atom stereocenters. The molecule has 0 aliphatic rings. The highest BCUT2D eigenvalue weighted by atomic mass is 19.1. The third-order valence-corrected chi connectivity index (χ3v) is 2.42. The van der Waals surface area contributed by atoms with E-state index in [1.807, 2.05) is 0 Å². The molecule has 1 amide bonds. The van der Waals surface area contributed by atoms with Crippen molar-refractivity contribution in [2.75, 3.05) is 0 Å². The van der Waals surface area contributed by atoms with Crippen LogP contribution in [0.2, 0.25) is 0 Å². The zero-order valence-electron chi connectivity index (χ0n) is 8.85. The summed E-state index contributed by atoms with van der Waals surface area (Å²) in [5.41, 5.74) is 6.38. The summed E-state index contributed by atoms with van der Waals surface area (Å²) in [5.74, 6) is -1.27. The molecule has 2 aromatic carbocycles. The van der Waals surface area contributed by atoms with Gasteiger partial charge in [0.05, 0.1) is 5.56 Å². The molecular weight excluding hydrogens is 221 g/mol. The van der Waals surface area contributed by atoms with Gasteiger partial charge in [-0.15, -0.1) is 0 Å². The van der Waals surface area contributed by atoms with Crippen LogP contribution < -0.4 is 5.73 Å². The van der Waals surface area contributed by atoms with Gasteiger partial charge in [0.2, 0.25) is 0 Å². The van der Waals surface area contributed by atoms with Crippen LogP contribution in [-0.2, 0) is 0 Å². The molecule has 0 saturated heterocycles. The molecule has 0 heterocycles. The van der Waals surface area contributed by atoms with E-state index in [1.165, 1.54) is 24.3 Å². The van der Waals surface area contributed by atoms with Crippen LogP contribution in [0.25, 0.3) is 11.1 Å². The maximum Gasteiger partial charge on any atom is 0.252 e. The standard InChI is InChI=1S/C13H10FNO2/c14-10-3-1-2-8(6-10)9-4-5-12(16)11(7-9)13(15)17/h1-7,16H,(H2,15,17). The molecule has 3 nitrogen and oxygen atoms in total.